The molecule has 0 amide bonds. The van der Waals surface area contributed by atoms with Gasteiger partial charge in [0.05, 0.1) is 0 Å². The molecule has 1 atom stereocenters. The molecule has 0 aliphatic rings. The number of unbranched alkanes of at least 4 members (excludes halogenated alkanes) is 6. The van der Waals surface area contributed by atoms with Gasteiger partial charge in [-0.1, -0.05) is 65.4 Å². The highest BCUT2D eigenvalue weighted by atomic mass is 16.5. The van der Waals surface area contributed by atoms with E-state index in [0.717, 1.165) is 13.0 Å². The van der Waals surface area contributed by atoms with Gasteiger partial charge in [0.2, 0.25) is 0 Å². The second kappa shape index (κ2) is 14.6. The normalized spacial score (nSPS) is 12.1. The van der Waals surface area contributed by atoms with Crippen molar-refractivity contribution in [2.75, 3.05) is 13.2 Å². The molecule has 0 aromatic carbocycles. The Morgan fingerprint density at radius 3 is 2.40 bits per heavy atom. The lowest BCUT2D eigenvalue weighted by atomic mass is 10.1. The van der Waals surface area contributed by atoms with Crippen LogP contribution in [0.1, 0.15) is 71.6 Å². The zero-order valence-electron chi connectivity index (χ0n) is 13.5. The van der Waals surface area contributed by atoms with E-state index in [2.05, 4.69) is 25.7 Å². The molecule has 20 heavy (non-hydrogen) atoms. The van der Waals surface area contributed by atoms with Gasteiger partial charge in [0.1, 0.15) is 6.61 Å². The highest BCUT2D eigenvalue weighted by molar-refractivity contribution is 5.81. The Morgan fingerprint density at radius 1 is 1.10 bits per heavy atom. The van der Waals surface area contributed by atoms with E-state index in [9.17, 15) is 4.79 Å². The first-order valence-electron chi connectivity index (χ1n) is 8.27. The molecule has 118 valence electrons. The summed E-state index contributed by atoms with van der Waals surface area (Å²) in [6, 6.07) is 0.289. The Bertz CT molecular complexity index is 241. The Labute approximate surface area is 125 Å². The van der Waals surface area contributed by atoms with Crippen LogP contribution in [0.5, 0.6) is 0 Å². The average molecular weight is 283 g/mol. The number of ether oxygens (including phenoxy) is 1. The number of esters is 1. The van der Waals surface area contributed by atoms with Gasteiger partial charge in [0.25, 0.3) is 0 Å². The summed E-state index contributed by atoms with van der Waals surface area (Å²) in [5, 5.41) is 3.52. The van der Waals surface area contributed by atoms with Crippen LogP contribution in [-0.4, -0.2) is 25.2 Å². The first kappa shape index (κ1) is 19.2. The number of hydrogen-bond acceptors (Lipinski definition) is 3. The van der Waals surface area contributed by atoms with Crippen molar-refractivity contribution in [1.29, 1.82) is 0 Å². The maximum absolute atomic E-state index is 11.1. The van der Waals surface area contributed by atoms with Crippen molar-refractivity contribution >= 4 is 5.97 Å². The van der Waals surface area contributed by atoms with Crippen LogP contribution in [0.15, 0.2) is 12.7 Å². The Hall–Kier alpha value is -0.830. The van der Waals surface area contributed by atoms with Crippen molar-refractivity contribution in [2.24, 2.45) is 0 Å². The maximum Gasteiger partial charge on any atom is 0.330 e. The van der Waals surface area contributed by atoms with E-state index in [1.165, 1.54) is 57.4 Å². The summed E-state index contributed by atoms with van der Waals surface area (Å²) in [5.74, 6) is -0.324. The number of rotatable bonds is 14. The zero-order chi connectivity index (χ0) is 15.1. The van der Waals surface area contributed by atoms with Gasteiger partial charge in [-0.15, -0.1) is 0 Å². The molecule has 0 aliphatic carbocycles. The smallest absolute Gasteiger partial charge is 0.330 e. The molecule has 3 nitrogen and oxygen atoms in total. The molecule has 1 unspecified atom stereocenters. The molecule has 0 spiro atoms. The molecule has 0 fully saturated rings. The lowest BCUT2D eigenvalue weighted by molar-refractivity contribution is -0.138. The van der Waals surface area contributed by atoms with Gasteiger partial charge in [-0.05, 0) is 19.4 Å². The van der Waals surface area contributed by atoms with Crippen LogP contribution < -0.4 is 5.32 Å². The van der Waals surface area contributed by atoms with Crippen LogP contribution >= 0.6 is 0 Å². The van der Waals surface area contributed by atoms with Gasteiger partial charge in [0.15, 0.2) is 0 Å². The second-order valence-electron chi connectivity index (χ2n) is 5.40. The lowest BCUT2D eigenvalue weighted by Crippen LogP contribution is -2.35. The summed E-state index contributed by atoms with van der Waals surface area (Å²) in [4.78, 5) is 11.1. The zero-order valence-corrected chi connectivity index (χ0v) is 13.5. The predicted octanol–water partition coefficient (Wildman–Crippen LogP) is 4.22. The van der Waals surface area contributed by atoms with Crippen molar-refractivity contribution in [2.45, 2.75) is 77.7 Å². The van der Waals surface area contributed by atoms with Gasteiger partial charge in [-0.2, -0.15) is 0 Å². The Kier molecular flexibility index (Phi) is 14.0. The molecule has 3 heteroatoms. The SMILES string of the molecule is C=CC(=O)OCC(CCCCC)NCCCCCCC. The van der Waals surface area contributed by atoms with Crippen LogP contribution in [0, 0.1) is 0 Å². The first-order chi connectivity index (χ1) is 9.74. The molecule has 0 radical (unpaired) electrons. The molecule has 0 bridgehead atoms. The number of carbonyl (C=O) groups excluding carboxylic acids is 1. The molecule has 0 saturated heterocycles. The third kappa shape index (κ3) is 12.2. The third-order valence-electron chi connectivity index (χ3n) is 3.46. The van der Waals surface area contributed by atoms with Crippen LogP contribution in [0.2, 0.25) is 0 Å². The summed E-state index contributed by atoms with van der Waals surface area (Å²) in [6.45, 7) is 9.34. The van der Waals surface area contributed by atoms with E-state index in [4.69, 9.17) is 4.74 Å². The van der Waals surface area contributed by atoms with Crippen molar-refractivity contribution < 1.29 is 9.53 Å². The predicted molar refractivity (Wildman–Crippen MR) is 85.8 cm³/mol. The van der Waals surface area contributed by atoms with E-state index >= 15 is 0 Å². The third-order valence-corrected chi connectivity index (χ3v) is 3.46. The lowest BCUT2D eigenvalue weighted by Gasteiger charge is -2.18. The molecular weight excluding hydrogens is 250 g/mol. The second-order valence-corrected chi connectivity index (χ2v) is 5.40. The van der Waals surface area contributed by atoms with Crippen LogP contribution in [0.3, 0.4) is 0 Å². The number of carbonyl (C=O) groups is 1. The fourth-order valence-electron chi connectivity index (χ4n) is 2.16. The van der Waals surface area contributed by atoms with Crippen LogP contribution in [0.25, 0.3) is 0 Å². The van der Waals surface area contributed by atoms with E-state index in [0.29, 0.717) is 6.61 Å². The van der Waals surface area contributed by atoms with Gasteiger partial charge < -0.3 is 10.1 Å². The summed E-state index contributed by atoms with van der Waals surface area (Å²) in [5.41, 5.74) is 0. The quantitative estimate of drug-likeness (QED) is 0.294. The standard InChI is InChI=1S/C17H33NO2/c1-4-7-9-10-12-14-18-16(13-11-8-5-2)15-20-17(19)6-3/h6,16,18H,3-5,7-15H2,1-2H3. The highest BCUT2D eigenvalue weighted by Crippen LogP contribution is 2.06. The topological polar surface area (TPSA) is 38.3 Å². The van der Waals surface area contributed by atoms with Crippen molar-refractivity contribution in [1.82, 2.24) is 5.32 Å². The van der Waals surface area contributed by atoms with Gasteiger partial charge >= 0.3 is 5.97 Å². The molecule has 0 saturated carbocycles. The largest absolute Gasteiger partial charge is 0.461 e. The minimum absolute atomic E-state index is 0.289. The van der Waals surface area contributed by atoms with E-state index in [1.807, 2.05) is 0 Å². The van der Waals surface area contributed by atoms with Gasteiger partial charge in [-0.25, -0.2) is 4.79 Å². The molecule has 0 heterocycles. The minimum atomic E-state index is -0.324. The van der Waals surface area contributed by atoms with E-state index < -0.39 is 0 Å². The number of hydrogen-bond donors (Lipinski definition) is 1. The summed E-state index contributed by atoms with van der Waals surface area (Å²) in [6.07, 6.45) is 12.4. The van der Waals surface area contributed by atoms with Gasteiger partial charge in [0, 0.05) is 12.1 Å². The molecular formula is C17H33NO2. The first-order valence-corrected chi connectivity index (χ1v) is 8.27. The Morgan fingerprint density at radius 2 is 1.75 bits per heavy atom. The molecule has 0 rings (SSSR count). The molecule has 0 aliphatic heterocycles. The van der Waals surface area contributed by atoms with Crippen molar-refractivity contribution in [3.63, 3.8) is 0 Å². The van der Waals surface area contributed by atoms with Crippen molar-refractivity contribution in [3.8, 4) is 0 Å². The summed E-state index contributed by atoms with van der Waals surface area (Å²) < 4.78 is 5.16. The molecule has 0 aromatic heterocycles. The number of nitrogens with one attached hydrogen (secondary N) is 1. The van der Waals surface area contributed by atoms with Crippen LogP contribution in [-0.2, 0) is 9.53 Å². The van der Waals surface area contributed by atoms with E-state index in [-0.39, 0.29) is 12.0 Å². The highest BCUT2D eigenvalue weighted by Gasteiger charge is 2.09. The fourth-order valence-corrected chi connectivity index (χ4v) is 2.16. The average Bonchev–Trinajstić information content (AvgIpc) is 2.47. The van der Waals surface area contributed by atoms with Gasteiger partial charge in [-0.3, -0.25) is 0 Å². The fraction of sp³-hybridized carbons (Fsp3) is 0.824. The maximum atomic E-state index is 11.1. The van der Waals surface area contributed by atoms with Crippen molar-refractivity contribution in [3.05, 3.63) is 12.7 Å². The molecule has 1 N–H and O–H groups in total. The monoisotopic (exact) mass is 283 g/mol. The Balaban J connectivity index is 3.79. The summed E-state index contributed by atoms with van der Waals surface area (Å²) >= 11 is 0. The molecule has 0 aromatic rings. The summed E-state index contributed by atoms with van der Waals surface area (Å²) in [7, 11) is 0. The van der Waals surface area contributed by atoms with E-state index in [1.54, 1.807) is 0 Å². The minimum Gasteiger partial charge on any atom is -0.461 e. The van der Waals surface area contributed by atoms with Crippen LogP contribution in [0.4, 0.5) is 0 Å².